The van der Waals surface area contributed by atoms with Crippen molar-refractivity contribution in [3.63, 3.8) is 0 Å². The van der Waals surface area contributed by atoms with Gasteiger partial charge in [-0.25, -0.2) is 0 Å². The van der Waals surface area contributed by atoms with Crippen LogP contribution in [0.5, 0.6) is 17.2 Å². The molecule has 5 nitrogen and oxygen atoms in total. The lowest BCUT2D eigenvalue weighted by molar-refractivity contribution is 0.103. The molecule has 0 aliphatic rings. The number of aromatic nitrogens is 1. The van der Waals surface area contributed by atoms with Crippen molar-refractivity contribution in [1.82, 2.24) is 9.88 Å². The second kappa shape index (κ2) is 10.2. The molecule has 5 heteroatoms. The van der Waals surface area contributed by atoms with Crippen molar-refractivity contribution in [2.45, 2.75) is 13.8 Å². The zero-order chi connectivity index (χ0) is 22.3. The quantitative estimate of drug-likeness (QED) is 0.319. The first kappa shape index (κ1) is 21.7. The molecule has 3 aromatic carbocycles. The Morgan fingerprint density at radius 2 is 1.59 bits per heavy atom. The number of nitrogens with zero attached hydrogens (tertiary/aromatic N) is 1. The fraction of sp³-hybridized carbons (Fsp3) is 0.222. The van der Waals surface area contributed by atoms with Crippen LogP contribution in [0.1, 0.15) is 29.9 Å². The standard InChI is InChI=1S/C27H28N2O3/c1-3-29(4-2)17-18-31-26-12-8-11-24-23(26)19-25(28-24)27(30)20-13-15-22(16-14-20)32-21-9-6-5-7-10-21/h5-16,19,28H,3-4,17-18H2,1-2H3. The maximum atomic E-state index is 13.1. The minimum absolute atomic E-state index is 0.0680. The summed E-state index contributed by atoms with van der Waals surface area (Å²) in [5.74, 6) is 2.17. The summed E-state index contributed by atoms with van der Waals surface area (Å²) in [6, 6.07) is 24.5. The van der Waals surface area contributed by atoms with E-state index in [1.165, 1.54) is 0 Å². The number of hydrogen-bond acceptors (Lipinski definition) is 4. The summed E-state index contributed by atoms with van der Waals surface area (Å²) in [4.78, 5) is 18.6. The lowest BCUT2D eigenvalue weighted by Crippen LogP contribution is -2.27. The minimum Gasteiger partial charge on any atom is -0.492 e. The molecule has 0 amide bonds. The van der Waals surface area contributed by atoms with Crippen LogP contribution >= 0.6 is 0 Å². The van der Waals surface area contributed by atoms with Crippen LogP contribution in [0.3, 0.4) is 0 Å². The highest BCUT2D eigenvalue weighted by atomic mass is 16.5. The number of benzene rings is 3. The maximum Gasteiger partial charge on any atom is 0.209 e. The highest BCUT2D eigenvalue weighted by molar-refractivity contribution is 6.10. The molecule has 4 rings (SSSR count). The van der Waals surface area contributed by atoms with E-state index in [0.717, 1.165) is 42.0 Å². The fourth-order valence-corrected chi connectivity index (χ4v) is 3.65. The molecule has 164 valence electrons. The number of aromatic amines is 1. The number of likely N-dealkylation sites (N-methyl/N-ethyl adjacent to an activating group) is 1. The van der Waals surface area contributed by atoms with E-state index >= 15 is 0 Å². The first-order chi connectivity index (χ1) is 15.7. The predicted octanol–water partition coefficient (Wildman–Crippen LogP) is 5.91. The number of nitrogens with one attached hydrogen (secondary N) is 1. The molecule has 1 aromatic heterocycles. The van der Waals surface area contributed by atoms with Crippen LogP contribution in [0.15, 0.2) is 78.9 Å². The molecule has 4 aromatic rings. The number of para-hydroxylation sites is 1. The van der Waals surface area contributed by atoms with Crippen LogP contribution in [0.4, 0.5) is 0 Å². The van der Waals surface area contributed by atoms with Crippen molar-refractivity contribution in [1.29, 1.82) is 0 Å². The van der Waals surface area contributed by atoms with Crippen LogP contribution in [0, 0.1) is 0 Å². The topological polar surface area (TPSA) is 54.6 Å². The monoisotopic (exact) mass is 428 g/mol. The fourth-order valence-electron chi connectivity index (χ4n) is 3.65. The Balaban J connectivity index is 1.47. The predicted molar refractivity (Wildman–Crippen MR) is 128 cm³/mol. The Bertz CT molecular complexity index is 1160. The highest BCUT2D eigenvalue weighted by Crippen LogP contribution is 2.28. The van der Waals surface area contributed by atoms with E-state index in [1.807, 2.05) is 66.7 Å². The van der Waals surface area contributed by atoms with Crippen LogP contribution in [0.25, 0.3) is 10.9 Å². The van der Waals surface area contributed by atoms with Crippen molar-refractivity contribution in [2.75, 3.05) is 26.2 Å². The first-order valence-corrected chi connectivity index (χ1v) is 11.0. The number of rotatable bonds is 10. The molecule has 0 bridgehead atoms. The lowest BCUT2D eigenvalue weighted by atomic mass is 10.1. The molecule has 32 heavy (non-hydrogen) atoms. The molecule has 0 unspecified atom stereocenters. The molecule has 0 spiro atoms. The second-order valence-corrected chi connectivity index (χ2v) is 7.54. The van der Waals surface area contributed by atoms with E-state index < -0.39 is 0 Å². The van der Waals surface area contributed by atoms with E-state index in [2.05, 4.69) is 23.7 Å². The molecule has 1 N–H and O–H groups in total. The van der Waals surface area contributed by atoms with E-state index in [-0.39, 0.29) is 5.78 Å². The van der Waals surface area contributed by atoms with Crippen LogP contribution < -0.4 is 9.47 Å². The van der Waals surface area contributed by atoms with Crippen molar-refractivity contribution < 1.29 is 14.3 Å². The molecule has 0 aliphatic heterocycles. The molecular weight excluding hydrogens is 400 g/mol. The number of ketones is 1. The number of H-pyrrole nitrogens is 1. The van der Waals surface area contributed by atoms with Gasteiger partial charge in [0.05, 0.1) is 5.69 Å². The molecule has 0 radical (unpaired) electrons. The van der Waals surface area contributed by atoms with Gasteiger partial charge in [-0.1, -0.05) is 38.1 Å². The highest BCUT2D eigenvalue weighted by Gasteiger charge is 2.15. The van der Waals surface area contributed by atoms with E-state index in [4.69, 9.17) is 9.47 Å². The van der Waals surface area contributed by atoms with Crippen molar-refractivity contribution >= 4 is 16.7 Å². The maximum absolute atomic E-state index is 13.1. The third kappa shape index (κ3) is 5.01. The minimum atomic E-state index is -0.0680. The van der Waals surface area contributed by atoms with Gasteiger partial charge in [-0.2, -0.15) is 0 Å². The molecule has 0 atom stereocenters. The summed E-state index contributed by atoms with van der Waals surface area (Å²) >= 11 is 0. The Kier molecular flexibility index (Phi) is 6.87. The van der Waals surface area contributed by atoms with Crippen LogP contribution in [-0.2, 0) is 0 Å². The van der Waals surface area contributed by atoms with Gasteiger partial charge in [0.25, 0.3) is 0 Å². The summed E-state index contributed by atoms with van der Waals surface area (Å²) in [5, 5.41) is 0.916. The number of carbonyl (C=O) groups excluding carboxylic acids is 1. The van der Waals surface area contributed by atoms with E-state index in [1.54, 1.807) is 12.1 Å². The van der Waals surface area contributed by atoms with Gasteiger partial charge in [0.15, 0.2) is 0 Å². The van der Waals surface area contributed by atoms with Gasteiger partial charge >= 0.3 is 0 Å². The molecule has 0 saturated carbocycles. The van der Waals surface area contributed by atoms with Gasteiger partial charge in [0, 0.05) is 23.0 Å². The summed E-state index contributed by atoms with van der Waals surface area (Å²) in [5.41, 5.74) is 2.02. The third-order valence-corrected chi connectivity index (χ3v) is 5.52. The van der Waals surface area contributed by atoms with E-state index in [0.29, 0.717) is 23.6 Å². The van der Waals surface area contributed by atoms with Gasteiger partial charge < -0.3 is 19.4 Å². The SMILES string of the molecule is CCN(CC)CCOc1cccc2[nH]c(C(=O)c3ccc(Oc4ccccc4)cc3)cc12. The largest absolute Gasteiger partial charge is 0.492 e. The van der Waals surface area contributed by atoms with Crippen LogP contribution in [0.2, 0.25) is 0 Å². The molecule has 0 saturated heterocycles. The first-order valence-electron chi connectivity index (χ1n) is 11.0. The summed E-state index contributed by atoms with van der Waals surface area (Å²) in [6.07, 6.45) is 0. The average Bonchev–Trinajstić information content (AvgIpc) is 3.28. The lowest BCUT2D eigenvalue weighted by Gasteiger charge is -2.18. The number of hydrogen-bond donors (Lipinski definition) is 1. The summed E-state index contributed by atoms with van der Waals surface area (Å²) < 4.78 is 11.8. The number of carbonyl (C=O) groups is 1. The Labute approximate surface area is 188 Å². The zero-order valence-corrected chi connectivity index (χ0v) is 18.5. The van der Waals surface area contributed by atoms with Crippen molar-refractivity contribution in [3.05, 3.63) is 90.1 Å². The average molecular weight is 429 g/mol. The molecular formula is C27H28N2O3. The Morgan fingerprint density at radius 3 is 2.31 bits per heavy atom. The van der Waals surface area contributed by atoms with Gasteiger partial charge in [0.1, 0.15) is 23.9 Å². The third-order valence-electron chi connectivity index (χ3n) is 5.52. The molecule has 0 fully saturated rings. The molecule has 0 aliphatic carbocycles. The second-order valence-electron chi connectivity index (χ2n) is 7.54. The number of ether oxygens (including phenoxy) is 2. The van der Waals surface area contributed by atoms with Gasteiger partial charge in [-0.05, 0) is 67.7 Å². The van der Waals surface area contributed by atoms with E-state index in [9.17, 15) is 4.79 Å². The summed E-state index contributed by atoms with van der Waals surface area (Å²) in [6.45, 7) is 7.78. The number of fused-ring (bicyclic) bond motifs is 1. The zero-order valence-electron chi connectivity index (χ0n) is 18.5. The van der Waals surface area contributed by atoms with Crippen LogP contribution in [-0.4, -0.2) is 41.9 Å². The normalized spacial score (nSPS) is 11.1. The van der Waals surface area contributed by atoms with Gasteiger partial charge in [-0.15, -0.1) is 0 Å². The van der Waals surface area contributed by atoms with Crippen molar-refractivity contribution in [3.8, 4) is 17.2 Å². The Morgan fingerprint density at radius 1 is 0.875 bits per heavy atom. The van der Waals surface area contributed by atoms with Gasteiger partial charge in [-0.3, -0.25) is 4.79 Å². The Hall–Kier alpha value is -3.57. The smallest absolute Gasteiger partial charge is 0.209 e. The van der Waals surface area contributed by atoms with Gasteiger partial charge in [0.2, 0.25) is 5.78 Å². The molecule has 1 heterocycles. The van der Waals surface area contributed by atoms with Crippen molar-refractivity contribution in [2.24, 2.45) is 0 Å². The summed E-state index contributed by atoms with van der Waals surface area (Å²) in [7, 11) is 0.